The first kappa shape index (κ1) is 9.17. The first-order valence-electron chi connectivity index (χ1n) is 3.20. The molecule has 1 amide bonds. The first-order valence-corrected chi connectivity index (χ1v) is 3.20. The van der Waals surface area contributed by atoms with Crippen molar-refractivity contribution in [1.29, 1.82) is 0 Å². The third-order valence-corrected chi connectivity index (χ3v) is 1.16. The van der Waals surface area contributed by atoms with Crippen molar-refractivity contribution in [2.24, 2.45) is 5.84 Å². The van der Waals surface area contributed by atoms with Crippen LogP contribution in [0.4, 0.5) is 0 Å². The Balaban J connectivity index is 4.08. The summed E-state index contributed by atoms with van der Waals surface area (Å²) in [6.45, 7) is 8.83. The van der Waals surface area contributed by atoms with Gasteiger partial charge in [-0.2, -0.15) is 0 Å². The van der Waals surface area contributed by atoms with Gasteiger partial charge in [0.2, 0.25) is 0 Å². The minimum atomic E-state index is -0.199. The number of hydrogen-bond donors (Lipinski definition) is 1. The number of nitrogens with two attached hydrogens (primary N) is 1. The Bertz CT molecular complexity index is 152. The van der Waals surface area contributed by atoms with Crippen molar-refractivity contribution in [3.8, 4) is 0 Å². The predicted molar refractivity (Wildman–Crippen MR) is 41.0 cm³/mol. The standard InChI is InChI=1S/C7H14N2O/c1-5(2)7(10)9(8)6(3)4/h6H,1,8H2,2-4H3. The monoisotopic (exact) mass is 142 g/mol. The fraction of sp³-hybridized carbons (Fsp3) is 0.571. The fourth-order valence-electron chi connectivity index (χ4n) is 0.455. The molecule has 0 bridgehead atoms. The van der Waals surface area contributed by atoms with Crippen molar-refractivity contribution in [1.82, 2.24) is 5.01 Å². The highest BCUT2D eigenvalue weighted by Crippen LogP contribution is 1.97. The van der Waals surface area contributed by atoms with Crippen molar-refractivity contribution >= 4 is 5.91 Å². The van der Waals surface area contributed by atoms with Gasteiger partial charge in [-0.1, -0.05) is 6.58 Å². The Kier molecular flexibility index (Phi) is 3.09. The molecular formula is C7H14N2O. The SMILES string of the molecule is C=C(C)C(=O)N(N)C(C)C. The lowest BCUT2D eigenvalue weighted by atomic mass is 10.3. The van der Waals surface area contributed by atoms with Gasteiger partial charge < -0.3 is 0 Å². The number of carbonyl (C=O) groups is 1. The van der Waals surface area contributed by atoms with E-state index < -0.39 is 0 Å². The molecule has 0 radical (unpaired) electrons. The van der Waals surface area contributed by atoms with E-state index in [0.717, 1.165) is 0 Å². The number of carbonyl (C=O) groups excluding carboxylic acids is 1. The van der Waals surface area contributed by atoms with Gasteiger partial charge in [-0.3, -0.25) is 9.80 Å². The summed E-state index contributed by atoms with van der Waals surface area (Å²) in [4.78, 5) is 11.0. The van der Waals surface area contributed by atoms with Gasteiger partial charge in [0, 0.05) is 11.6 Å². The molecule has 0 aromatic carbocycles. The largest absolute Gasteiger partial charge is 0.274 e. The Morgan fingerprint density at radius 3 is 2.10 bits per heavy atom. The van der Waals surface area contributed by atoms with E-state index in [1.165, 1.54) is 5.01 Å². The molecule has 0 saturated carbocycles. The quantitative estimate of drug-likeness (QED) is 0.266. The zero-order valence-electron chi connectivity index (χ0n) is 6.72. The van der Waals surface area contributed by atoms with E-state index in [2.05, 4.69) is 6.58 Å². The number of rotatable bonds is 2. The molecule has 0 rings (SSSR count). The molecule has 10 heavy (non-hydrogen) atoms. The molecular weight excluding hydrogens is 128 g/mol. The van der Waals surface area contributed by atoms with Gasteiger partial charge in [0.15, 0.2) is 0 Å². The van der Waals surface area contributed by atoms with Crippen LogP contribution in [-0.2, 0) is 4.79 Å². The molecule has 0 aliphatic rings. The van der Waals surface area contributed by atoms with Crippen LogP contribution in [0.15, 0.2) is 12.2 Å². The summed E-state index contributed by atoms with van der Waals surface area (Å²) in [6, 6.07) is 0.0317. The molecule has 0 unspecified atom stereocenters. The lowest BCUT2D eigenvalue weighted by Gasteiger charge is -2.20. The van der Waals surface area contributed by atoms with Crippen LogP contribution in [0.25, 0.3) is 0 Å². The minimum absolute atomic E-state index is 0.0317. The maximum absolute atomic E-state index is 11.0. The molecule has 0 heterocycles. The third-order valence-electron chi connectivity index (χ3n) is 1.16. The molecule has 0 atom stereocenters. The van der Waals surface area contributed by atoms with Crippen LogP contribution in [0.1, 0.15) is 20.8 Å². The van der Waals surface area contributed by atoms with Crippen LogP contribution in [0, 0.1) is 0 Å². The Morgan fingerprint density at radius 2 is 2.00 bits per heavy atom. The van der Waals surface area contributed by atoms with Gasteiger partial charge in [-0.25, -0.2) is 5.84 Å². The zero-order valence-corrected chi connectivity index (χ0v) is 6.72. The zero-order chi connectivity index (χ0) is 8.31. The Labute approximate surface area is 61.5 Å². The van der Waals surface area contributed by atoms with Crippen molar-refractivity contribution in [2.75, 3.05) is 0 Å². The topological polar surface area (TPSA) is 46.3 Å². The molecule has 0 aliphatic heterocycles. The smallest absolute Gasteiger partial charge is 0.263 e. The van der Waals surface area contributed by atoms with E-state index in [-0.39, 0.29) is 11.9 Å². The maximum atomic E-state index is 11.0. The molecule has 0 spiro atoms. The average Bonchev–Trinajstić information content (AvgIpc) is 1.84. The van der Waals surface area contributed by atoms with Crippen LogP contribution < -0.4 is 5.84 Å². The second-order valence-corrected chi connectivity index (χ2v) is 2.59. The number of hydrogen-bond acceptors (Lipinski definition) is 2. The van der Waals surface area contributed by atoms with Crippen LogP contribution >= 0.6 is 0 Å². The van der Waals surface area contributed by atoms with Crippen LogP contribution in [-0.4, -0.2) is 17.0 Å². The van der Waals surface area contributed by atoms with E-state index in [1.807, 2.05) is 13.8 Å². The molecule has 0 aromatic rings. The second kappa shape index (κ2) is 3.37. The van der Waals surface area contributed by atoms with Gasteiger partial charge in [0.1, 0.15) is 0 Å². The highest BCUT2D eigenvalue weighted by atomic mass is 16.2. The normalized spacial score (nSPS) is 9.70. The summed E-state index contributed by atoms with van der Waals surface area (Å²) in [5.74, 6) is 5.18. The van der Waals surface area contributed by atoms with E-state index in [0.29, 0.717) is 5.57 Å². The highest BCUT2D eigenvalue weighted by molar-refractivity contribution is 5.91. The first-order chi connectivity index (χ1) is 4.46. The summed E-state index contributed by atoms with van der Waals surface area (Å²) in [6.07, 6.45) is 0. The minimum Gasteiger partial charge on any atom is -0.274 e. The molecule has 0 aliphatic carbocycles. The summed E-state index contributed by atoms with van der Waals surface area (Å²) in [7, 11) is 0. The van der Waals surface area contributed by atoms with Crippen molar-refractivity contribution in [2.45, 2.75) is 26.8 Å². The molecule has 3 heteroatoms. The number of amides is 1. The van der Waals surface area contributed by atoms with Gasteiger partial charge in [0.25, 0.3) is 5.91 Å². The average molecular weight is 142 g/mol. The third kappa shape index (κ3) is 2.19. The maximum Gasteiger partial charge on any atom is 0.263 e. The van der Waals surface area contributed by atoms with Crippen molar-refractivity contribution < 1.29 is 4.79 Å². The van der Waals surface area contributed by atoms with Crippen LogP contribution in [0.5, 0.6) is 0 Å². The van der Waals surface area contributed by atoms with E-state index in [4.69, 9.17) is 5.84 Å². The predicted octanol–water partition coefficient (Wildman–Crippen LogP) is 0.673. The Hall–Kier alpha value is -0.830. The molecule has 0 fully saturated rings. The molecule has 3 nitrogen and oxygen atoms in total. The van der Waals surface area contributed by atoms with E-state index in [9.17, 15) is 4.79 Å². The van der Waals surface area contributed by atoms with Crippen molar-refractivity contribution in [3.63, 3.8) is 0 Å². The summed E-state index contributed by atoms with van der Waals surface area (Å²) < 4.78 is 0. The van der Waals surface area contributed by atoms with Crippen LogP contribution in [0.2, 0.25) is 0 Å². The number of nitrogens with zero attached hydrogens (tertiary/aromatic N) is 1. The lowest BCUT2D eigenvalue weighted by Crippen LogP contribution is -2.42. The van der Waals surface area contributed by atoms with Crippen LogP contribution in [0.3, 0.4) is 0 Å². The molecule has 0 aromatic heterocycles. The molecule has 0 saturated heterocycles. The molecule has 58 valence electrons. The summed E-state index contributed by atoms with van der Waals surface area (Å²) >= 11 is 0. The Morgan fingerprint density at radius 1 is 1.60 bits per heavy atom. The van der Waals surface area contributed by atoms with Gasteiger partial charge in [0.05, 0.1) is 0 Å². The fourth-order valence-corrected chi connectivity index (χ4v) is 0.455. The second-order valence-electron chi connectivity index (χ2n) is 2.59. The molecule has 2 N–H and O–H groups in total. The van der Waals surface area contributed by atoms with Gasteiger partial charge in [-0.15, -0.1) is 0 Å². The van der Waals surface area contributed by atoms with Gasteiger partial charge >= 0.3 is 0 Å². The lowest BCUT2D eigenvalue weighted by molar-refractivity contribution is -0.128. The van der Waals surface area contributed by atoms with E-state index in [1.54, 1.807) is 6.92 Å². The van der Waals surface area contributed by atoms with E-state index >= 15 is 0 Å². The highest BCUT2D eigenvalue weighted by Gasteiger charge is 2.11. The summed E-state index contributed by atoms with van der Waals surface area (Å²) in [5.41, 5.74) is 0.469. The number of hydrazine groups is 1. The van der Waals surface area contributed by atoms with Gasteiger partial charge in [-0.05, 0) is 20.8 Å². The van der Waals surface area contributed by atoms with Crippen molar-refractivity contribution in [3.05, 3.63) is 12.2 Å². The summed E-state index contributed by atoms with van der Waals surface area (Å²) in [5, 5.41) is 1.17.